The number of nitrogens with one attached hydrogen (secondary N) is 2. The first-order valence-corrected chi connectivity index (χ1v) is 8.70. The molecule has 27 heavy (non-hydrogen) atoms. The first kappa shape index (κ1) is 18.9. The summed E-state index contributed by atoms with van der Waals surface area (Å²) in [5, 5.41) is 15.1. The van der Waals surface area contributed by atoms with Crippen LogP contribution in [-0.2, 0) is 31.1 Å². The van der Waals surface area contributed by atoms with E-state index in [0.717, 1.165) is 11.1 Å². The summed E-state index contributed by atoms with van der Waals surface area (Å²) in [7, 11) is 1.26. The molecule has 0 aliphatic carbocycles. The number of hydrogen-bond acceptors (Lipinski definition) is 6. The Balaban J connectivity index is 1.93. The monoisotopic (exact) mass is 373 g/mol. The van der Waals surface area contributed by atoms with E-state index in [1.54, 1.807) is 0 Å². The zero-order valence-electron chi connectivity index (χ0n) is 15.6. The summed E-state index contributed by atoms with van der Waals surface area (Å²) in [5.74, 6) is -1.03. The molecule has 1 aromatic rings. The number of carbonyl (C=O) groups excluding carboxylic acids is 3. The lowest BCUT2D eigenvalue weighted by atomic mass is 9.85. The maximum absolute atomic E-state index is 12.6. The predicted molar refractivity (Wildman–Crippen MR) is 97.6 cm³/mol. The average Bonchev–Trinajstić information content (AvgIpc) is 2.90. The van der Waals surface area contributed by atoms with Crippen LogP contribution in [0.2, 0.25) is 0 Å². The molecular weight excluding hydrogens is 350 g/mol. The number of aliphatic hydroxyl groups is 1. The molecule has 0 saturated heterocycles. The van der Waals surface area contributed by atoms with Crippen molar-refractivity contribution in [2.45, 2.75) is 25.8 Å². The summed E-state index contributed by atoms with van der Waals surface area (Å²) in [5.41, 5.74) is 2.36. The van der Waals surface area contributed by atoms with E-state index in [-0.39, 0.29) is 49.2 Å². The molecule has 0 aromatic heterocycles. The molecule has 3 rings (SSSR count). The van der Waals surface area contributed by atoms with Crippen LogP contribution in [0.1, 0.15) is 25.0 Å². The van der Waals surface area contributed by atoms with Crippen LogP contribution in [0.25, 0.3) is 0 Å². The highest BCUT2D eigenvalue weighted by molar-refractivity contribution is 6.08. The average molecular weight is 373 g/mol. The quantitative estimate of drug-likeness (QED) is 0.640. The van der Waals surface area contributed by atoms with E-state index >= 15 is 0 Å². The zero-order chi connectivity index (χ0) is 19.8. The Kier molecular flexibility index (Phi) is 4.93. The van der Waals surface area contributed by atoms with Crippen LogP contribution in [0, 0.1) is 0 Å². The lowest BCUT2D eigenvalue weighted by Gasteiger charge is -2.33. The largest absolute Gasteiger partial charge is 0.466 e. The van der Waals surface area contributed by atoms with Crippen LogP contribution >= 0.6 is 0 Å². The van der Waals surface area contributed by atoms with Gasteiger partial charge in [0.1, 0.15) is 5.70 Å². The van der Waals surface area contributed by atoms with Crippen molar-refractivity contribution in [1.29, 1.82) is 0 Å². The van der Waals surface area contributed by atoms with Gasteiger partial charge in [0.05, 0.1) is 37.8 Å². The van der Waals surface area contributed by atoms with E-state index in [1.165, 1.54) is 12.0 Å². The van der Waals surface area contributed by atoms with Gasteiger partial charge in [-0.15, -0.1) is 0 Å². The number of esters is 1. The Bertz CT molecular complexity index is 844. The minimum atomic E-state index is -0.593. The van der Waals surface area contributed by atoms with Gasteiger partial charge in [0.2, 0.25) is 5.91 Å². The predicted octanol–water partition coefficient (Wildman–Crippen LogP) is 0.268. The van der Waals surface area contributed by atoms with Crippen molar-refractivity contribution in [3.05, 3.63) is 40.6 Å². The summed E-state index contributed by atoms with van der Waals surface area (Å²) < 4.78 is 4.78. The standard InChI is InChI=1S/C19H23N3O5/c1-19(2)14-5-4-12(8-11(14)9-15(24)21-19)20-16-13(18(26)27-3)10-22(6-7-23)17(16)25/h4-5,8,20,23H,6-7,9-10H2,1-3H3,(H,21,24). The molecule has 8 nitrogen and oxygen atoms in total. The van der Waals surface area contributed by atoms with Gasteiger partial charge in [-0.1, -0.05) is 6.07 Å². The van der Waals surface area contributed by atoms with Crippen molar-refractivity contribution in [2.75, 3.05) is 32.1 Å². The van der Waals surface area contributed by atoms with Gasteiger partial charge in [0, 0.05) is 12.2 Å². The van der Waals surface area contributed by atoms with E-state index in [9.17, 15) is 14.4 Å². The second kappa shape index (κ2) is 7.03. The number of rotatable bonds is 5. The van der Waals surface area contributed by atoms with E-state index in [0.29, 0.717) is 5.69 Å². The van der Waals surface area contributed by atoms with Gasteiger partial charge in [-0.05, 0) is 37.1 Å². The fraction of sp³-hybridized carbons (Fsp3) is 0.421. The van der Waals surface area contributed by atoms with E-state index < -0.39 is 11.5 Å². The number of anilines is 1. The topological polar surface area (TPSA) is 108 Å². The molecule has 0 atom stereocenters. The van der Waals surface area contributed by atoms with E-state index in [1.807, 2.05) is 32.0 Å². The fourth-order valence-electron chi connectivity index (χ4n) is 3.55. The molecule has 0 unspecified atom stereocenters. The molecule has 8 heteroatoms. The third kappa shape index (κ3) is 3.52. The molecule has 0 saturated carbocycles. The van der Waals surface area contributed by atoms with E-state index in [2.05, 4.69) is 10.6 Å². The number of fused-ring (bicyclic) bond motifs is 1. The maximum Gasteiger partial charge on any atom is 0.337 e. The van der Waals surface area contributed by atoms with Gasteiger partial charge in [-0.25, -0.2) is 4.79 Å². The minimum absolute atomic E-state index is 0.0646. The van der Waals surface area contributed by atoms with Gasteiger partial charge in [0.15, 0.2) is 0 Å². The van der Waals surface area contributed by atoms with Gasteiger partial charge in [-0.3, -0.25) is 9.59 Å². The summed E-state index contributed by atoms with van der Waals surface area (Å²) in [6, 6.07) is 5.53. The summed E-state index contributed by atoms with van der Waals surface area (Å²) in [6.07, 6.45) is 0.252. The zero-order valence-corrected chi connectivity index (χ0v) is 15.6. The van der Waals surface area contributed by atoms with Crippen molar-refractivity contribution in [3.63, 3.8) is 0 Å². The van der Waals surface area contributed by atoms with Gasteiger partial charge in [0.25, 0.3) is 5.91 Å². The molecule has 1 aromatic carbocycles. The van der Waals surface area contributed by atoms with Crippen LogP contribution in [0.5, 0.6) is 0 Å². The summed E-state index contributed by atoms with van der Waals surface area (Å²) in [4.78, 5) is 38.0. The van der Waals surface area contributed by atoms with Crippen LogP contribution in [-0.4, -0.2) is 54.6 Å². The highest BCUT2D eigenvalue weighted by atomic mass is 16.5. The number of ether oxygens (including phenoxy) is 1. The van der Waals surface area contributed by atoms with Crippen molar-refractivity contribution >= 4 is 23.5 Å². The molecule has 0 fully saturated rings. The number of carbonyl (C=O) groups is 3. The number of nitrogens with zero attached hydrogens (tertiary/aromatic N) is 1. The van der Waals surface area contributed by atoms with Crippen LogP contribution in [0.4, 0.5) is 5.69 Å². The highest BCUT2D eigenvalue weighted by Crippen LogP contribution is 2.31. The molecule has 0 spiro atoms. The third-order valence-electron chi connectivity index (χ3n) is 4.80. The Hall–Kier alpha value is -2.87. The number of hydrogen-bond donors (Lipinski definition) is 3. The maximum atomic E-state index is 12.6. The molecule has 0 bridgehead atoms. The lowest BCUT2D eigenvalue weighted by molar-refractivity contribution is -0.136. The van der Waals surface area contributed by atoms with Crippen molar-refractivity contribution in [2.24, 2.45) is 0 Å². The third-order valence-corrected chi connectivity index (χ3v) is 4.80. The van der Waals surface area contributed by atoms with E-state index in [4.69, 9.17) is 9.84 Å². The Labute approximate surface area is 157 Å². The minimum Gasteiger partial charge on any atom is -0.466 e. The van der Waals surface area contributed by atoms with Crippen molar-refractivity contribution in [3.8, 4) is 0 Å². The van der Waals surface area contributed by atoms with Crippen LogP contribution < -0.4 is 10.6 Å². The second-order valence-corrected chi connectivity index (χ2v) is 7.14. The highest BCUT2D eigenvalue weighted by Gasteiger charge is 2.35. The SMILES string of the molecule is COC(=O)C1=C(Nc2ccc3c(c2)CC(=O)NC3(C)C)C(=O)N(CCO)C1. The lowest BCUT2D eigenvalue weighted by Crippen LogP contribution is -2.46. The normalized spacial score (nSPS) is 18.3. The van der Waals surface area contributed by atoms with Crippen molar-refractivity contribution in [1.82, 2.24) is 10.2 Å². The number of amides is 2. The molecule has 144 valence electrons. The number of benzene rings is 1. The Morgan fingerprint density at radius 2 is 2.11 bits per heavy atom. The smallest absolute Gasteiger partial charge is 0.337 e. The number of aliphatic hydroxyl groups excluding tert-OH is 1. The van der Waals surface area contributed by atoms with Gasteiger partial charge >= 0.3 is 5.97 Å². The van der Waals surface area contributed by atoms with Crippen LogP contribution in [0.15, 0.2) is 29.5 Å². The number of methoxy groups -OCH3 is 1. The first-order valence-electron chi connectivity index (χ1n) is 8.70. The van der Waals surface area contributed by atoms with Gasteiger partial charge < -0.3 is 25.4 Å². The molecule has 3 N–H and O–H groups in total. The van der Waals surface area contributed by atoms with Crippen molar-refractivity contribution < 1.29 is 24.2 Å². The Morgan fingerprint density at radius 3 is 2.78 bits per heavy atom. The molecule has 2 heterocycles. The molecule has 2 amide bonds. The Morgan fingerprint density at radius 1 is 1.37 bits per heavy atom. The fourth-order valence-corrected chi connectivity index (χ4v) is 3.55. The first-order chi connectivity index (χ1) is 12.8. The van der Waals surface area contributed by atoms with Gasteiger partial charge in [-0.2, -0.15) is 0 Å². The second-order valence-electron chi connectivity index (χ2n) is 7.14. The molecule has 2 aliphatic rings. The number of β-amino-alcohol motifs (C(OH)–C–C–N with tert-alkyl or cyclic N) is 1. The molecule has 0 radical (unpaired) electrons. The summed E-state index contributed by atoms with van der Waals surface area (Å²) in [6.45, 7) is 3.87. The molecular formula is C19H23N3O5. The molecule has 2 aliphatic heterocycles. The summed E-state index contributed by atoms with van der Waals surface area (Å²) >= 11 is 0. The van der Waals surface area contributed by atoms with Crippen LogP contribution in [0.3, 0.4) is 0 Å².